The molecule has 0 heterocycles. The van der Waals surface area contributed by atoms with Gasteiger partial charge in [-0.1, -0.05) is 32.3 Å². The van der Waals surface area contributed by atoms with Crippen molar-refractivity contribution in [3.8, 4) is 0 Å². The van der Waals surface area contributed by atoms with Gasteiger partial charge in [0, 0.05) is 11.3 Å². The van der Waals surface area contributed by atoms with Gasteiger partial charge in [-0.3, -0.25) is 0 Å². The second kappa shape index (κ2) is 3.96. The topological polar surface area (TPSA) is 0 Å². The van der Waals surface area contributed by atoms with Gasteiger partial charge in [0.25, 0.3) is 0 Å². The van der Waals surface area contributed by atoms with E-state index in [4.69, 9.17) is 23.2 Å². The number of alkyl halides is 2. The fraction of sp³-hybridized carbons (Fsp3) is 0.846. The second-order valence-corrected chi connectivity index (χ2v) is 6.48. The van der Waals surface area contributed by atoms with Crippen LogP contribution in [0.1, 0.15) is 45.4 Å². The average Bonchev–Trinajstić information content (AvgIpc) is 2.74. The Morgan fingerprint density at radius 1 is 1.47 bits per heavy atom. The molecule has 2 saturated carbocycles. The molecule has 15 heavy (non-hydrogen) atoms. The maximum absolute atomic E-state index is 6.51. The van der Waals surface area contributed by atoms with E-state index < -0.39 is 4.33 Å². The molecule has 0 radical (unpaired) electrons. The Hall–Kier alpha value is 0.320. The van der Waals surface area contributed by atoms with Crippen LogP contribution in [0.25, 0.3) is 0 Å². The number of rotatable bonds is 4. The van der Waals surface area contributed by atoms with Crippen molar-refractivity contribution in [3.63, 3.8) is 0 Å². The zero-order chi connectivity index (χ0) is 11.1. The molecule has 0 amide bonds. The van der Waals surface area contributed by atoms with E-state index in [1.807, 2.05) is 6.08 Å². The molecule has 0 saturated heterocycles. The normalized spacial score (nSPS) is 39.3. The number of halogens is 2. The lowest BCUT2D eigenvalue weighted by molar-refractivity contribution is 0.215. The van der Waals surface area contributed by atoms with Crippen LogP contribution in [0.4, 0.5) is 0 Å². The first-order valence-electron chi connectivity index (χ1n) is 6.10. The Kier molecular flexibility index (Phi) is 3.12. The Labute approximate surface area is 103 Å². The lowest BCUT2D eigenvalue weighted by Crippen LogP contribution is -2.23. The molecule has 2 rings (SSSR count). The maximum atomic E-state index is 6.51. The fourth-order valence-corrected chi connectivity index (χ4v) is 5.06. The molecule has 86 valence electrons. The summed E-state index contributed by atoms with van der Waals surface area (Å²) < 4.78 is -0.437. The zero-order valence-corrected chi connectivity index (χ0v) is 10.9. The predicted molar refractivity (Wildman–Crippen MR) is 67.4 cm³/mol. The maximum Gasteiger partial charge on any atom is 0.128 e. The molecule has 0 aromatic rings. The van der Waals surface area contributed by atoms with Crippen LogP contribution in [0, 0.1) is 17.3 Å². The number of allylic oxidation sites excluding steroid dienone is 1. The molecular weight excluding hydrogens is 227 g/mol. The third kappa shape index (κ3) is 1.48. The monoisotopic (exact) mass is 246 g/mol. The summed E-state index contributed by atoms with van der Waals surface area (Å²) in [6.07, 6.45) is 9.30. The molecular formula is C13H20Cl2. The van der Waals surface area contributed by atoms with Crippen molar-refractivity contribution >= 4 is 23.2 Å². The lowest BCUT2D eigenvalue weighted by Gasteiger charge is -2.30. The van der Waals surface area contributed by atoms with Crippen molar-refractivity contribution in [1.82, 2.24) is 0 Å². The van der Waals surface area contributed by atoms with Crippen LogP contribution in [-0.2, 0) is 0 Å². The molecule has 0 N–H and O–H groups in total. The van der Waals surface area contributed by atoms with Crippen LogP contribution in [0.2, 0.25) is 0 Å². The molecule has 2 aliphatic rings. The first-order valence-corrected chi connectivity index (χ1v) is 6.85. The molecule has 0 nitrogen and oxygen atoms in total. The number of hydrogen-bond donors (Lipinski definition) is 0. The van der Waals surface area contributed by atoms with Gasteiger partial charge < -0.3 is 0 Å². The highest BCUT2D eigenvalue weighted by molar-refractivity contribution is 6.52. The van der Waals surface area contributed by atoms with E-state index >= 15 is 0 Å². The molecule has 2 fully saturated rings. The number of fused-ring (bicyclic) bond motifs is 1. The lowest BCUT2D eigenvalue weighted by atomic mass is 9.75. The summed E-state index contributed by atoms with van der Waals surface area (Å²) in [7, 11) is 0. The van der Waals surface area contributed by atoms with Crippen molar-refractivity contribution in [1.29, 1.82) is 0 Å². The summed E-state index contributed by atoms with van der Waals surface area (Å²) in [5, 5.41) is 0. The van der Waals surface area contributed by atoms with E-state index in [2.05, 4.69) is 13.5 Å². The van der Waals surface area contributed by atoms with E-state index in [-0.39, 0.29) is 5.41 Å². The van der Waals surface area contributed by atoms with E-state index in [1.165, 1.54) is 32.1 Å². The van der Waals surface area contributed by atoms with Gasteiger partial charge in [0.1, 0.15) is 4.33 Å². The molecule has 0 aromatic carbocycles. The highest BCUT2D eigenvalue weighted by Crippen LogP contribution is 2.78. The third-order valence-electron chi connectivity index (χ3n) is 4.60. The zero-order valence-electron chi connectivity index (χ0n) is 9.44. The predicted octanol–water partition coefficient (Wildman–Crippen LogP) is 4.95. The highest BCUT2D eigenvalue weighted by Gasteiger charge is 2.77. The van der Waals surface area contributed by atoms with Crippen molar-refractivity contribution in [2.24, 2.45) is 17.3 Å². The summed E-state index contributed by atoms with van der Waals surface area (Å²) in [5.41, 5.74) is 0.220. The first-order chi connectivity index (χ1) is 7.11. The second-order valence-electron chi connectivity index (χ2n) is 5.09. The van der Waals surface area contributed by atoms with Crippen LogP contribution in [0.15, 0.2) is 12.7 Å². The summed E-state index contributed by atoms with van der Waals surface area (Å²) in [6.45, 7) is 6.10. The first kappa shape index (κ1) is 11.8. The minimum Gasteiger partial charge on any atom is -0.103 e. The summed E-state index contributed by atoms with van der Waals surface area (Å²) in [4.78, 5) is 0. The van der Waals surface area contributed by atoms with E-state index in [9.17, 15) is 0 Å². The minimum absolute atomic E-state index is 0.220. The van der Waals surface area contributed by atoms with Gasteiger partial charge in [0.05, 0.1) is 0 Å². The molecule has 2 aliphatic carbocycles. The molecule has 0 aliphatic heterocycles. The van der Waals surface area contributed by atoms with Crippen molar-refractivity contribution in [2.75, 3.05) is 0 Å². The van der Waals surface area contributed by atoms with Crippen molar-refractivity contribution < 1.29 is 0 Å². The van der Waals surface area contributed by atoms with Crippen LogP contribution < -0.4 is 0 Å². The third-order valence-corrected chi connectivity index (χ3v) is 5.83. The molecule has 0 spiro atoms. The smallest absolute Gasteiger partial charge is 0.103 e. The van der Waals surface area contributed by atoms with Crippen LogP contribution >= 0.6 is 23.2 Å². The summed E-state index contributed by atoms with van der Waals surface area (Å²) >= 11 is 13.0. The van der Waals surface area contributed by atoms with Crippen LogP contribution in [0.3, 0.4) is 0 Å². The Balaban J connectivity index is 2.20. The molecule has 2 heteroatoms. The minimum atomic E-state index is -0.437. The van der Waals surface area contributed by atoms with Gasteiger partial charge in [-0.2, -0.15) is 0 Å². The van der Waals surface area contributed by atoms with Crippen LogP contribution in [-0.4, -0.2) is 4.33 Å². The summed E-state index contributed by atoms with van der Waals surface area (Å²) in [6, 6.07) is 0. The summed E-state index contributed by atoms with van der Waals surface area (Å²) in [5.74, 6) is 1.18. The van der Waals surface area contributed by atoms with E-state index in [0.29, 0.717) is 11.8 Å². The SMILES string of the molecule is C=CCC(CC)C12CCCCC1C2(Cl)Cl. The van der Waals surface area contributed by atoms with Gasteiger partial charge >= 0.3 is 0 Å². The van der Waals surface area contributed by atoms with Gasteiger partial charge in [0.15, 0.2) is 0 Å². The Morgan fingerprint density at radius 2 is 2.20 bits per heavy atom. The number of hydrogen-bond acceptors (Lipinski definition) is 0. The van der Waals surface area contributed by atoms with Gasteiger partial charge in [-0.15, -0.1) is 29.8 Å². The Bertz CT molecular complexity index is 259. The highest BCUT2D eigenvalue weighted by atomic mass is 35.5. The van der Waals surface area contributed by atoms with Gasteiger partial charge in [-0.05, 0) is 25.2 Å². The van der Waals surface area contributed by atoms with Crippen LogP contribution in [0.5, 0.6) is 0 Å². The average molecular weight is 247 g/mol. The van der Waals surface area contributed by atoms with Crippen molar-refractivity contribution in [3.05, 3.63) is 12.7 Å². The van der Waals surface area contributed by atoms with E-state index in [0.717, 1.165) is 6.42 Å². The molecule has 3 unspecified atom stereocenters. The molecule has 0 bridgehead atoms. The van der Waals surface area contributed by atoms with E-state index in [1.54, 1.807) is 0 Å². The van der Waals surface area contributed by atoms with Gasteiger partial charge in [-0.25, -0.2) is 0 Å². The Morgan fingerprint density at radius 3 is 2.73 bits per heavy atom. The quantitative estimate of drug-likeness (QED) is 0.487. The molecule has 3 atom stereocenters. The standard InChI is InChI=1S/C13H20Cl2/c1-3-7-10(4-2)12-9-6-5-8-11(12)13(12,14)15/h3,10-11H,1,4-9H2,2H3. The molecule has 0 aromatic heterocycles. The fourth-order valence-electron chi connectivity index (χ4n) is 3.80. The van der Waals surface area contributed by atoms with Crippen molar-refractivity contribution in [2.45, 2.75) is 49.8 Å². The van der Waals surface area contributed by atoms with Gasteiger partial charge in [0.2, 0.25) is 0 Å². The largest absolute Gasteiger partial charge is 0.128 e.